The van der Waals surface area contributed by atoms with E-state index in [1.54, 1.807) is 0 Å². The summed E-state index contributed by atoms with van der Waals surface area (Å²) in [6.45, 7) is 7.19. The van der Waals surface area contributed by atoms with Gasteiger partial charge in [-0.05, 0) is 44.1 Å². The molecule has 1 heterocycles. The molecule has 0 aromatic carbocycles. The minimum atomic E-state index is 0.603. The van der Waals surface area contributed by atoms with E-state index in [2.05, 4.69) is 24.5 Å². The Bertz CT molecular complexity index is 173. The third-order valence-corrected chi connectivity index (χ3v) is 3.87. The monoisotopic (exact) mass is 196 g/mol. The maximum absolute atomic E-state index is 3.79. The topological polar surface area (TPSA) is 24.1 Å². The van der Waals surface area contributed by atoms with Crippen molar-refractivity contribution in [2.24, 2.45) is 5.41 Å². The maximum Gasteiger partial charge on any atom is 0.0207 e. The largest absolute Gasteiger partial charge is 0.315 e. The quantitative estimate of drug-likeness (QED) is 0.705. The first-order valence-electron chi connectivity index (χ1n) is 6.12. The van der Waals surface area contributed by atoms with Gasteiger partial charge in [0.05, 0.1) is 0 Å². The van der Waals surface area contributed by atoms with E-state index < -0.39 is 0 Å². The molecule has 1 saturated carbocycles. The normalized spacial score (nSPS) is 33.4. The second kappa shape index (κ2) is 4.19. The molecule has 2 nitrogen and oxygen atoms in total. The van der Waals surface area contributed by atoms with E-state index in [0.717, 1.165) is 12.1 Å². The summed E-state index contributed by atoms with van der Waals surface area (Å²) in [7, 11) is 0. The Labute approximate surface area is 87.8 Å². The van der Waals surface area contributed by atoms with Crippen molar-refractivity contribution >= 4 is 0 Å². The van der Waals surface area contributed by atoms with Gasteiger partial charge in [0.15, 0.2) is 0 Å². The summed E-state index contributed by atoms with van der Waals surface area (Å²) in [6, 6.07) is 1.55. The lowest BCUT2D eigenvalue weighted by molar-refractivity contribution is 0.199. The number of rotatable bonds is 2. The Hall–Kier alpha value is -0.0800. The highest BCUT2D eigenvalue weighted by Gasteiger charge is 2.28. The summed E-state index contributed by atoms with van der Waals surface area (Å²) in [6.07, 6.45) is 6.86. The SMILES string of the molecule is CC1(C)CCC(NC2CCNC2)CC1. The van der Waals surface area contributed by atoms with Gasteiger partial charge in [0.1, 0.15) is 0 Å². The van der Waals surface area contributed by atoms with Crippen LogP contribution in [0.1, 0.15) is 46.0 Å². The zero-order valence-electron chi connectivity index (χ0n) is 9.60. The molecule has 1 atom stereocenters. The van der Waals surface area contributed by atoms with E-state index in [1.807, 2.05) is 0 Å². The molecule has 0 radical (unpaired) electrons. The zero-order valence-corrected chi connectivity index (χ0v) is 9.60. The van der Waals surface area contributed by atoms with E-state index in [-0.39, 0.29) is 0 Å². The van der Waals surface area contributed by atoms with Gasteiger partial charge in [-0.2, -0.15) is 0 Å². The van der Waals surface area contributed by atoms with Crippen molar-refractivity contribution in [1.82, 2.24) is 10.6 Å². The van der Waals surface area contributed by atoms with Crippen LogP contribution in [-0.4, -0.2) is 25.2 Å². The smallest absolute Gasteiger partial charge is 0.0207 e. The van der Waals surface area contributed by atoms with Gasteiger partial charge in [-0.3, -0.25) is 0 Å². The molecular weight excluding hydrogens is 172 g/mol. The predicted molar refractivity (Wildman–Crippen MR) is 60.4 cm³/mol. The third kappa shape index (κ3) is 2.71. The lowest BCUT2D eigenvalue weighted by atomic mass is 9.75. The first-order chi connectivity index (χ1) is 6.66. The molecule has 2 N–H and O–H groups in total. The fraction of sp³-hybridized carbons (Fsp3) is 1.00. The molecule has 1 unspecified atom stereocenters. The van der Waals surface area contributed by atoms with E-state index >= 15 is 0 Å². The molecule has 2 fully saturated rings. The van der Waals surface area contributed by atoms with Gasteiger partial charge < -0.3 is 10.6 Å². The third-order valence-electron chi connectivity index (χ3n) is 3.87. The molecule has 0 amide bonds. The van der Waals surface area contributed by atoms with Gasteiger partial charge in [0, 0.05) is 18.6 Å². The molecule has 0 bridgehead atoms. The minimum absolute atomic E-state index is 0.603. The van der Waals surface area contributed by atoms with Crippen LogP contribution >= 0.6 is 0 Å². The average molecular weight is 196 g/mol. The molecule has 2 heteroatoms. The lowest BCUT2D eigenvalue weighted by Gasteiger charge is -2.35. The summed E-state index contributed by atoms with van der Waals surface area (Å²) < 4.78 is 0. The van der Waals surface area contributed by atoms with Crippen molar-refractivity contribution in [2.45, 2.75) is 58.0 Å². The van der Waals surface area contributed by atoms with Crippen LogP contribution in [-0.2, 0) is 0 Å². The lowest BCUT2D eigenvalue weighted by Crippen LogP contribution is -2.42. The molecule has 1 aliphatic heterocycles. The van der Waals surface area contributed by atoms with Gasteiger partial charge in [-0.25, -0.2) is 0 Å². The highest BCUT2D eigenvalue weighted by molar-refractivity contribution is 4.86. The van der Waals surface area contributed by atoms with Gasteiger partial charge in [0.25, 0.3) is 0 Å². The number of hydrogen-bond acceptors (Lipinski definition) is 2. The summed E-state index contributed by atoms with van der Waals surface area (Å²) in [5.41, 5.74) is 0.603. The van der Waals surface area contributed by atoms with E-state index in [1.165, 1.54) is 45.2 Å². The highest BCUT2D eigenvalue weighted by atomic mass is 15.0. The Morgan fingerprint density at radius 3 is 2.36 bits per heavy atom. The van der Waals surface area contributed by atoms with Crippen LogP contribution in [0.15, 0.2) is 0 Å². The number of nitrogens with one attached hydrogen (secondary N) is 2. The molecule has 14 heavy (non-hydrogen) atoms. The summed E-state index contributed by atoms with van der Waals surface area (Å²) in [4.78, 5) is 0. The minimum Gasteiger partial charge on any atom is -0.315 e. The molecule has 1 aliphatic carbocycles. The highest BCUT2D eigenvalue weighted by Crippen LogP contribution is 2.35. The van der Waals surface area contributed by atoms with Crippen molar-refractivity contribution in [3.63, 3.8) is 0 Å². The first-order valence-corrected chi connectivity index (χ1v) is 6.12. The molecule has 1 saturated heterocycles. The Balaban J connectivity index is 1.72. The van der Waals surface area contributed by atoms with Crippen LogP contribution in [0.2, 0.25) is 0 Å². The van der Waals surface area contributed by atoms with Gasteiger partial charge in [-0.15, -0.1) is 0 Å². The maximum atomic E-state index is 3.79. The van der Waals surface area contributed by atoms with Crippen molar-refractivity contribution < 1.29 is 0 Å². The Kier molecular flexibility index (Phi) is 3.13. The Morgan fingerprint density at radius 1 is 1.07 bits per heavy atom. The second-order valence-electron chi connectivity index (χ2n) is 5.79. The van der Waals surface area contributed by atoms with E-state index in [0.29, 0.717) is 5.41 Å². The van der Waals surface area contributed by atoms with Gasteiger partial charge >= 0.3 is 0 Å². The van der Waals surface area contributed by atoms with Crippen molar-refractivity contribution in [2.75, 3.05) is 13.1 Å². The van der Waals surface area contributed by atoms with Crippen LogP contribution in [0.25, 0.3) is 0 Å². The predicted octanol–water partition coefficient (Wildman–Crippen LogP) is 1.91. The molecule has 2 rings (SSSR count). The first kappa shape index (κ1) is 10.4. The van der Waals surface area contributed by atoms with Crippen molar-refractivity contribution in [3.8, 4) is 0 Å². The van der Waals surface area contributed by atoms with Gasteiger partial charge in [0.2, 0.25) is 0 Å². The Morgan fingerprint density at radius 2 is 1.79 bits per heavy atom. The second-order valence-corrected chi connectivity index (χ2v) is 5.79. The summed E-state index contributed by atoms with van der Waals surface area (Å²) >= 11 is 0. The standard InChI is InChI=1S/C12H24N2/c1-12(2)6-3-10(4-7-12)14-11-5-8-13-9-11/h10-11,13-14H,3-9H2,1-2H3. The fourth-order valence-electron chi connectivity index (χ4n) is 2.70. The molecule has 0 spiro atoms. The van der Waals surface area contributed by atoms with Crippen LogP contribution in [0.3, 0.4) is 0 Å². The zero-order chi connectivity index (χ0) is 10.0. The molecule has 82 valence electrons. The molecule has 2 aliphatic rings. The van der Waals surface area contributed by atoms with Crippen LogP contribution in [0.4, 0.5) is 0 Å². The van der Waals surface area contributed by atoms with E-state index in [4.69, 9.17) is 0 Å². The number of hydrogen-bond donors (Lipinski definition) is 2. The van der Waals surface area contributed by atoms with E-state index in [9.17, 15) is 0 Å². The van der Waals surface area contributed by atoms with Crippen LogP contribution < -0.4 is 10.6 Å². The summed E-state index contributed by atoms with van der Waals surface area (Å²) in [5, 5.41) is 7.21. The average Bonchev–Trinajstić information content (AvgIpc) is 2.61. The van der Waals surface area contributed by atoms with Crippen molar-refractivity contribution in [1.29, 1.82) is 0 Å². The van der Waals surface area contributed by atoms with Gasteiger partial charge in [-0.1, -0.05) is 13.8 Å². The molecular formula is C12H24N2. The van der Waals surface area contributed by atoms with Crippen molar-refractivity contribution in [3.05, 3.63) is 0 Å². The molecule has 0 aromatic rings. The van der Waals surface area contributed by atoms with Crippen LogP contribution in [0.5, 0.6) is 0 Å². The van der Waals surface area contributed by atoms with Crippen LogP contribution in [0, 0.1) is 5.41 Å². The fourth-order valence-corrected chi connectivity index (χ4v) is 2.70. The summed E-state index contributed by atoms with van der Waals surface area (Å²) in [5.74, 6) is 0. The molecule has 0 aromatic heterocycles.